The summed E-state index contributed by atoms with van der Waals surface area (Å²) in [6, 6.07) is 17.8. The van der Waals surface area contributed by atoms with E-state index >= 15 is 0 Å². The van der Waals surface area contributed by atoms with Crippen molar-refractivity contribution >= 4 is 11.6 Å². The number of halogens is 1. The Kier molecular flexibility index (Phi) is 3.24. The Bertz CT molecular complexity index is 523. The van der Waals surface area contributed by atoms with E-state index in [0.717, 1.165) is 21.7 Å². The number of benzene rings is 2. The molecule has 0 bridgehead atoms. The highest BCUT2D eigenvalue weighted by Gasteiger charge is 1.98. The van der Waals surface area contributed by atoms with Crippen molar-refractivity contribution in [2.45, 2.75) is 6.42 Å². The van der Waals surface area contributed by atoms with Crippen LogP contribution in [0.5, 0.6) is 0 Å². The molecule has 2 heteroatoms. The van der Waals surface area contributed by atoms with Gasteiger partial charge in [-0.1, -0.05) is 48.0 Å². The molecule has 0 saturated heterocycles. The van der Waals surface area contributed by atoms with E-state index in [1.54, 1.807) is 0 Å². The van der Waals surface area contributed by atoms with Crippen LogP contribution in [0.3, 0.4) is 0 Å². The lowest BCUT2D eigenvalue weighted by Crippen LogP contribution is -1.82. The molecule has 0 aromatic heterocycles. The molecule has 1 nitrogen and oxygen atoms in total. The summed E-state index contributed by atoms with van der Waals surface area (Å²) in [5.41, 5.74) is 3.24. The van der Waals surface area contributed by atoms with Gasteiger partial charge in [0.1, 0.15) is 0 Å². The Morgan fingerprint density at radius 1 is 1.00 bits per heavy atom. The first-order chi connectivity index (χ1) is 7.79. The van der Waals surface area contributed by atoms with Crippen LogP contribution in [0.15, 0.2) is 48.5 Å². The van der Waals surface area contributed by atoms with Crippen molar-refractivity contribution in [1.29, 1.82) is 5.26 Å². The summed E-state index contributed by atoms with van der Waals surface area (Å²) in [5.74, 6) is 0. The number of nitriles is 1. The third kappa shape index (κ3) is 2.42. The van der Waals surface area contributed by atoms with E-state index in [4.69, 9.17) is 16.9 Å². The van der Waals surface area contributed by atoms with Crippen molar-refractivity contribution in [2.24, 2.45) is 0 Å². The molecule has 0 heterocycles. The molecule has 0 aliphatic carbocycles. The molecule has 0 radical (unpaired) electrons. The van der Waals surface area contributed by atoms with Crippen LogP contribution in [0, 0.1) is 11.3 Å². The molecule has 0 unspecified atom stereocenters. The Hall–Kier alpha value is -1.78. The minimum absolute atomic E-state index is 0.454. The maximum atomic E-state index is 8.57. The lowest BCUT2D eigenvalue weighted by molar-refractivity contribution is 1.26. The second-order valence-electron chi connectivity index (χ2n) is 3.54. The van der Waals surface area contributed by atoms with Gasteiger partial charge in [-0.15, -0.1) is 0 Å². The van der Waals surface area contributed by atoms with Crippen molar-refractivity contribution < 1.29 is 0 Å². The van der Waals surface area contributed by atoms with Crippen molar-refractivity contribution in [3.63, 3.8) is 0 Å². The Balaban J connectivity index is 2.32. The normalized spacial score (nSPS) is 9.75. The van der Waals surface area contributed by atoms with Crippen LogP contribution in [-0.2, 0) is 6.42 Å². The lowest BCUT2D eigenvalue weighted by atomic mass is 10.0. The minimum Gasteiger partial charge on any atom is -0.198 e. The van der Waals surface area contributed by atoms with E-state index < -0.39 is 0 Å². The Morgan fingerprint density at radius 3 is 2.38 bits per heavy atom. The standard InChI is InChI=1S/C14H10ClN/c15-14-3-1-2-13(10-14)12-6-4-11(5-7-12)8-9-16/h1-7,10H,8H2. The van der Waals surface area contributed by atoms with Crippen molar-refractivity contribution in [3.8, 4) is 17.2 Å². The Labute approximate surface area is 99.9 Å². The van der Waals surface area contributed by atoms with E-state index in [9.17, 15) is 0 Å². The van der Waals surface area contributed by atoms with Crippen LogP contribution in [0.4, 0.5) is 0 Å². The molecule has 0 spiro atoms. The number of hydrogen-bond donors (Lipinski definition) is 0. The fourth-order valence-corrected chi connectivity index (χ4v) is 1.76. The van der Waals surface area contributed by atoms with Crippen LogP contribution in [0.2, 0.25) is 5.02 Å². The molecule has 0 amide bonds. The van der Waals surface area contributed by atoms with Crippen molar-refractivity contribution in [3.05, 3.63) is 59.1 Å². The summed E-state index contributed by atoms with van der Waals surface area (Å²) in [7, 11) is 0. The third-order valence-corrected chi connectivity index (χ3v) is 2.63. The van der Waals surface area contributed by atoms with Gasteiger partial charge in [-0.05, 0) is 28.8 Å². The number of nitrogens with zero attached hydrogens (tertiary/aromatic N) is 1. The van der Waals surface area contributed by atoms with Gasteiger partial charge in [0, 0.05) is 5.02 Å². The van der Waals surface area contributed by atoms with Gasteiger partial charge in [0.25, 0.3) is 0 Å². The van der Waals surface area contributed by atoms with E-state index in [1.165, 1.54) is 0 Å². The predicted molar refractivity (Wildman–Crippen MR) is 66.2 cm³/mol. The summed E-state index contributed by atoms with van der Waals surface area (Å²) in [6.07, 6.45) is 0.454. The molecule has 0 fully saturated rings. The second kappa shape index (κ2) is 4.83. The smallest absolute Gasteiger partial charge is 0.0669 e. The first-order valence-electron chi connectivity index (χ1n) is 5.01. The second-order valence-corrected chi connectivity index (χ2v) is 3.98. The van der Waals surface area contributed by atoms with E-state index in [-0.39, 0.29) is 0 Å². The maximum absolute atomic E-state index is 8.57. The molecule has 2 aromatic carbocycles. The van der Waals surface area contributed by atoms with Gasteiger partial charge >= 0.3 is 0 Å². The Morgan fingerprint density at radius 2 is 1.75 bits per heavy atom. The number of rotatable bonds is 2. The van der Waals surface area contributed by atoms with Gasteiger partial charge < -0.3 is 0 Å². The van der Waals surface area contributed by atoms with Crippen LogP contribution < -0.4 is 0 Å². The highest BCUT2D eigenvalue weighted by molar-refractivity contribution is 6.30. The minimum atomic E-state index is 0.454. The highest BCUT2D eigenvalue weighted by atomic mass is 35.5. The zero-order valence-corrected chi connectivity index (χ0v) is 9.41. The fourth-order valence-electron chi connectivity index (χ4n) is 1.57. The molecular formula is C14H10ClN. The van der Waals surface area contributed by atoms with Crippen molar-refractivity contribution in [2.75, 3.05) is 0 Å². The quantitative estimate of drug-likeness (QED) is 0.759. The molecule has 2 rings (SSSR count). The summed E-state index contributed by atoms with van der Waals surface area (Å²) in [6.45, 7) is 0. The first kappa shape index (κ1) is 10.7. The highest BCUT2D eigenvalue weighted by Crippen LogP contribution is 2.22. The maximum Gasteiger partial charge on any atom is 0.0669 e. The van der Waals surface area contributed by atoms with E-state index in [2.05, 4.69) is 6.07 Å². The van der Waals surface area contributed by atoms with E-state index in [0.29, 0.717) is 6.42 Å². The first-order valence-corrected chi connectivity index (χ1v) is 5.39. The topological polar surface area (TPSA) is 23.8 Å². The summed E-state index contributed by atoms with van der Waals surface area (Å²) < 4.78 is 0. The summed E-state index contributed by atoms with van der Waals surface area (Å²) >= 11 is 5.93. The predicted octanol–water partition coefficient (Wildman–Crippen LogP) is 4.07. The van der Waals surface area contributed by atoms with Crippen molar-refractivity contribution in [1.82, 2.24) is 0 Å². The van der Waals surface area contributed by atoms with Crippen LogP contribution in [-0.4, -0.2) is 0 Å². The zero-order valence-electron chi connectivity index (χ0n) is 8.65. The van der Waals surface area contributed by atoms with Gasteiger partial charge in [0.2, 0.25) is 0 Å². The molecule has 0 atom stereocenters. The molecule has 0 aliphatic heterocycles. The van der Waals surface area contributed by atoms with Gasteiger partial charge in [-0.2, -0.15) is 5.26 Å². The average molecular weight is 228 g/mol. The molecule has 78 valence electrons. The van der Waals surface area contributed by atoms with Gasteiger partial charge in [0.05, 0.1) is 12.5 Å². The molecule has 0 N–H and O–H groups in total. The van der Waals surface area contributed by atoms with Crippen LogP contribution in [0.1, 0.15) is 5.56 Å². The fraction of sp³-hybridized carbons (Fsp3) is 0.0714. The third-order valence-electron chi connectivity index (χ3n) is 2.40. The zero-order chi connectivity index (χ0) is 11.4. The van der Waals surface area contributed by atoms with Gasteiger partial charge in [0.15, 0.2) is 0 Å². The molecule has 16 heavy (non-hydrogen) atoms. The number of hydrogen-bond acceptors (Lipinski definition) is 1. The molecule has 0 aliphatic rings. The monoisotopic (exact) mass is 227 g/mol. The molecule has 2 aromatic rings. The van der Waals surface area contributed by atoms with E-state index in [1.807, 2.05) is 48.5 Å². The average Bonchev–Trinajstić information content (AvgIpc) is 2.30. The molecule has 0 saturated carbocycles. The van der Waals surface area contributed by atoms with Crippen LogP contribution >= 0.6 is 11.6 Å². The SMILES string of the molecule is N#CCc1ccc(-c2cccc(Cl)c2)cc1. The largest absolute Gasteiger partial charge is 0.198 e. The lowest BCUT2D eigenvalue weighted by Gasteiger charge is -2.02. The summed E-state index contributed by atoms with van der Waals surface area (Å²) in [4.78, 5) is 0. The van der Waals surface area contributed by atoms with Gasteiger partial charge in [-0.25, -0.2) is 0 Å². The molecular weight excluding hydrogens is 218 g/mol. The van der Waals surface area contributed by atoms with Crippen LogP contribution in [0.25, 0.3) is 11.1 Å². The summed E-state index contributed by atoms with van der Waals surface area (Å²) in [5, 5.41) is 9.31. The van der Waals surface area contributed by atoms with Gasteiger partial charge in [-0.3, -0.25) is 0 Å².